The number of amidine groups is 1. The number of nitrogens with zero attached hydrogens (tertiary/aromatic N) is 3. The van der Waals surface area contributed by atoms with Crippen LogP contribution in [0, 0.1) is 10.4 Å². The summed E-state index contributed by atoms with van der Waals surface area (Å²) in [6, 6.07) is 0. The first-order chi connectivity index (χ1) is 7.71. The minimum atomic E-state index is -0.759. The van der Waals surface area contributed by atoms with Crippen molar-refractivity contribution < 1.29 is 9.80 Å². The fourth-order valence-corrected chi connectivity index (χ4v) is 1.99. The minimum absolute atomic E-state index is 0.146. The number of aromatic nitrogens is 2. The van der Waals surface area contributed by atoms with Gasteiger partial charge >= 0.3 is 5.84 Å². The lowest BCUT2D eigenvalue weighted by molar-refractivity contribution is -0.805. The van der Waals surface area contributed by atoms with Crippen LogP contribution in [0.25, 0.3) is 0 Å². The molecule has 94 valence electrons. The van der Waals surface area contributed by atoms with Crippen LogP contribution in [0.3, 0.4) is 0 Å². The normalized spacial score (nSPS) is 26.6. The Morgan fingerprint density at radius 1 is 1.35 bits per heavy atom. The van der Waals surface area contributed by atoms with Crippen molar-refractivity contribution in [2.75, 3.05) is 0 Å². The van der Waals surface area contributed by atoms with Gasteiger partial charge in [0.15, 0.2) is 5.54 Å². The van der Waals surface area contributed by atoms with Crippen LogP contribution in [0.15, 0.2) is 12.4 Å². The Morgan fingerprint density at radius 2 is 1.94 bits per heavy atom. The van der Waals surface area contributed by atoms with Gasteiger partial charge in [0.2, 0.25) is 5.54 Å². The van der Waals surface area contributed by atoms with Crippen LogP contribution < -0.4 is 5.06 Å². The van der Waals surface area contributed by atoms with Crippen LogP contribution in [0.4, 0.5) is 0 Å². The number of hydroxylamine groups is 3. The van der Waals surface area contributed by atoms with Gasteiger partial charge in [0.05, 0.1) is 0 Å². The zero-order valence-corrected chi connectivity index (χ0v) is 10.8. The number of nitrogens with one attached hydrogen (secondary N) is 1. The second-order valence-corrected chi connectivity index (χ2v) is 5.52. The van der Waals surface area contributed by atoms with Crippen LogP contribution in [0.1, 0.15) is 33.5 Å². The first-order valence-electron chi connectivity index (χ1n) is 5.58. The lowest BCUT2D eigenvalue weighted by Gasteiger charge is -2.34. The highest BCUT2D eigenvalue weighted by Crippen LogP contribution is 2.26. The van der Waals surface area contributed by atoms with Gasteiger partial charge in [-0.15, -0.1) is 4.74 Å². The van der Waals surface area contributed by atoms with Gasteiger partial charge in [-0.2, -0.15) is 0 Å². The molecule has 0 saturated carbocycles. The van der Waals surface area contributed by atoms with E-state index in [2.05, 4.69) is 4.98 Å². The summed E-state index contributed by atoms with van der Waals surface area (Å²) in [6.07, 6.45) is 3.31. The van der Waals surface area contributed by atoms with Crippen molar-refractivity contribution in [2.24, 2.45) is 7.05 Å². The van der Waals surface area contributed by atoms with Crippen molar-refractivity contribution in [3.63, 3.8) is 0 Å². The molecule has 0 radical (unpaired) electrons. The molecule has 2 heterocycles. The number of hydrogen-bond acceptors (Lipinski definition) is 3. The molecule has 0 spiro atoms. The fraction of sp³-hybridized carbons (Fsp3) is 0.636. The molecule has 1 aromatic heterocycles. The van der Waals surface area contributed by atoms with Crippen molar-refractivity contribution >= 4 is 5.84 Å². The molecule has 1 aliphatic rings. The van der Waals surface area contributed by atoms with Gasteiger partial charge in [-0.3, -0.25) is 5.06 Å². The summed E-state index contributed by atoms with van der Waals surface area (Å²) in [5.41, 5.74) is -1.47. The van der Waals surface area contributed by atoms with Gasteiger partial charge in [0.25, 0.3) is 5.82 Å². The van der Waals surface area contributed by atoms with Crippen LogP contribution in [0.5, 0.6) is 0 Å². The smallest absolute Gasteiger partial charge is 0.418 e. The Kier molecular flexibility index (Phi) is 2.34. The van der Waals surface area contributed by atoms with E-state index in [1.165, 1.54) is 0 Å². The molecule has 0 fully saturated rings. The maximum Gasteiger partial charge on any atom is 0.418 e. The summed E-state index contributed by atoms with van der Waals surface area (Å²) >= 11 is 0. The van der Waals surface area contributed by atoms with Gasteiger partial charge in [-0.1, -0.05) is 0 Å². The molecule has 6 nitrogen and oxygen atoms in total. The van der Waals surface area contributed by atoms with E-state index in [9.17, 15) is 10.4 Å². The predicted molar refractivity (Wildman–Crippen MR) is 63.4 cm³/mol. The van der Waals surface area contributed by atoms with E-state index in [0.717, 1.165) is 4.74 Å². The average molecular weight is 238 g/mol. The molecule has 0 amide bonds. The standard InChI is InChI=1S/C11H18N4O2/c1-10(2)11(3,4)15(17)9(14(10)16)8-12-6-7-13(8)5/h6-7,14H,1-5H3. The highest BCUT2D eigenvalue weighted by Gasteiger charge is 2.61. The van der Waals surface area contributed by atoms with E-state index < -0.39 is 11.1 Å². The zero-order chi connectivity index (χ0) is 13.0. The van der Waals surface area contributed by atoms with Crippen molar-refractivity contribution in [3.8, 4) is 0 Å². The van der Waals surface area contributed by atoms with E-state index in [-0.39, 0.29) is 10.9 Å². The van der Waals surface area contributed by atoms with Crippen LogP contribution in [-0.2, 0) is 7.05 Å². The molecular formula is C11H18N4O2. The van der Waals surface area contributed by atoms with Crippen LogP contribution in [-0.4, -0.2) is 31.2 Å². The SMILES string of the molecule is Cn1ccnc1C1=[N+]([O-])C(C)(C)C(C)(C)[NH+]1[O-]. The summed E-state index contributed by atoms with van der Waals surface area (Å²) in [6.45, 7) is 7.17. The van der Waals surface area contributed by atoms with Gasteiger partial charge in [-0.05, 0) is 13.8 Å². The molecule has 0 saturated heterocycles. The third-order valence-electron chi connectivity index (χ3n) is 4.06. The Hall–Kier alpha value is -1.40. The fourth-order valence-electron chi connectivity index (χ4n) is 1.99. The molecule has 0 aliphatic carbocycles. The third kappa shape index (κ3) is 1.34. The molecule has 0 aromatic carbocycles. The van der Waals surface area contributed by atoms with Gasteiger partial charge in [-0.25, -0.2) is 4.98 Å². The number of rotatable bonds is 1. The monoisotopic (exact) mass is 238 g/mol. The molecular weight excluding hydrogens is 220 g/mol. The molecule has 1 unspecified atom stereocenters. The first kappa shape index (κ1) is 12.1. The molecule has 2 rings (SSSR count). The third-order valence-corrected chi connectivity index (χ3v) is 4.06. The lowest BCUT2D eigenvalue weighted by Crippen LogP contribution is -3.17. The minimum Gasteiger partial charge on any atom is -0.624 e. The molecule has 1 N–H and O–H groups in total. The second-order valence-electron chi connectivity index (χ2n) is 5.52. The molecule has 1 atom stereocenters. The largest absolute Gasteiger partial charge is 0.624 e. The zero-order valence-electron chi connectivity index (χ0n) is 10.8. The highest BCUT2D eigenvalue weighted by molar-refractivity contribution is 5.85. The molecule has 1 aromatic rings. The number of quaternary nitrogens is 1. The van der Waals surface area contributed by atoms with Gasteiger partial charge in [0, 0.05) is 33.3 Å². The van der Waals surface area contributed by atoms with E-state index >= 15 is 0 Å². The molecule has 6 heteroatoms. The average Bonchev–Trinajstić information content (AvgIpc) is 2.68. The summed E-state index contributed by atoms with van der Waals surface area (Å²) in [5.74, 6) is 0.594. The van der Waals surface area contributed by atoms with Crippen LogP contribution in [0.2, 0.25) is 0 Å². The maximum absolute atomic E-state index is 12.4. The Morgan fingerprint density at radius 3 is 2.29 bits per heavy atom. The summed E-state index contributed by atoms with van der Waals surface area (Å²) in [5, 5.41) is 24.5. The lowest BCUT2D eigenvalue weighted by atomic mass is 9.84. The van der Waals surface area contributed by atoms with Crippen molar-refractivity contribution in [1.82, 2.24) is 9.55 Å². The maximum atomic E-state index is 12.4. The number of hydrogen-bond donors (Lipinski definition) is 1. The van der Waals surface area contributed by atoms with Crippen molar-refractivity contribution in [1.29, 1.82) is 0 Å². The Balaban J connectivity index is 2.63. The number of imidazole rings is 1. The summed E-state index contributed by atoms with van der Waals surface area (Å²) in [4.78, 5) is 4.09. The number of aryl methyl sites for hydroxylation is 1. The predicted octanol–water partition coefficient (Wildman–Crippen LogP) is -0.369. The van der Waals surface area contributed by atoms with Gasteiger partial charge in [0.1, 0.15) is 0 Å². The van der Waals surface area contributed by atoms with Crippen LogP contribution >= 0.6 is 0 Å². The summed E-state index contributed by atoms with van der Waals surface area (Å²) in [7, 11) is 1.77. The molecule has 1 aliphatic heterocycles. The molecule has 0 bridgehead atoms. The summed E-state index contributed by atoms with van der Waals surface area (Å²) < 4.78 is 2.49. The van der Waals surface area contributed by atoms with E-state index in [1.54, 1.807) is 51.7 Å². The van der Waals surface area contributed by atoms with Crippen molar-refractivity contribution in [2.45, 2.75) is 38.8 Å². The van der Waals surface area contributed by atoms with E-state index in [1.807, 2.05) is 0 Å². The van der Waals surface area contributed by atoms with Gasteiger partial charge < -0.3 is 15.0 Å². The van der Waals surface area contributed by atoms with E-state index in [0.29, 0.717) is 5.82 Å². The van der Waals surface area contributed by atoms with Crippen molar-refractivity contribution in [3.05, 3.63) is 28.6 Å². The first-order valence-corrected chi connectivity index (χ1v) is 5.58. The Bertz CT molecular complexity index is 487. The highest BCUT2D eigenvalue weighted by atomic mass is 16.5. The topological polar surface area (TPSA) is 71.4 Å². The quantitative estimate of drug-likeness (QED) is 0.536. The van der Waals surface area contributed by atoms with E-state index in [4.69, 9.17) is 0 Å². The Labute approximate surface area is 100 Å². The second kappa shape index (κ2) is 3.30. The molecule has 17 heavy (non-hydrogen) atoms.